The molecule has 2 aromatic carbocycles. The minimum Gasteiger partial charge on any atom is -0.384 e. The molecule has 152 valence electrons. The van der Waals surface area contributed by atoms with Crippen LogP contribution >= 0.6 is 0 Å². The number of nitrogens with zero attached hydrogens (tertiary/aromatic N) is 3. The maximum Gasteiger partial charge on any atom is 0.257 e. The zero-order chi connectivity index (χ0) is 20.5. The SMILES string of the molecule is Nc1c(C(=O)NCc2ccccc2)c2nc3ccccc3nc2n1C[C@@H]1CCCO1. The van der Waals surface area contributed by atoms with Gasteiger partial charge in [-0.3, -0.25) is 4.79 Å². The Morgan fingerprint density at radius 3 is 2.57 bits per heavy atom. The normalized spacial score (nSPS) is 16.3. The van der Waals surface area contributed by atoms with Crippen molar-refractivity contribution in [1.29, 1.82) is 0 Å². The zero-order valence-electron chi connectivity index (χ0n) is 16.5. The minimum absolute atomic E-state index is 0.0661. The number of hydrogen-bond acceptors (Lipinski definition) is 5. The lowest BCUT2D eigenvalue weighted by Gasteiger charge is -2.13. The summed E-state index contributed by atoms with van der Waals surface area (Å²) in [5.41, 5.74) is 10.5. The Hall–Kier alpha value is -3.45. The van der Waals surface area contributed by atoms with Gasteiger partial charge in [0.05, 0.1) is 23.7 Å². The minimum atomic E-state index is -0.253. The van der Waals surface area contributed by atoms with Crippen LogP contribution in [-0.2, 0) is 17.8 Å². The van der Waals surface area contributed by atoms with Crippen molar-refractivity contribution in [2.75, 3.05) is 12.3 Å². The summed E-state index contributed by atoms with van der Waals surface area (Å²) in [5.74, 6) is 0.124. The maximum atomic E-state index is 13.1. The number of rotatable bonds is 5. The van der Waals surface area contributed by atoms with Gasteiger partial charge in [0.25, 0.3) is 5.91 Å². The third-order valence-corrected chi connectivity index (χ3v) is 5.52. The Balaban J connectivity index is 1.57. The van der Waals surface area contributed by atoms with Crippen LogP contribution in [0.1, 0.15) is 28.8 Å². The molecule has 7 heteroatoms. The van der Waals surface area contributed by atoms with Crippen molar-refractivity contribution in [2.45, 2.75) is 32.0 Å². The molecule has 3 heterocycles. The highest BCUT2D eigenvalue weighted by molar-refractivity contribution is 6.10. The zero-order valence-corrected chi connectivity index (χ0v) is 16.5. The number of carbonyl (C=O) groups excluding carboxylic acids is 1. The second kappa shape index (κ2) is 7.76. The number of nitrogens with two attached hydrogens (primary N) is 1. The molecule has 3 N–H and O–H groups in total. The molecule has 30 heavy (non-hydrogen) atoms. The largest absolute Gasteiger partial charge is 0.384 e. The Kier molecular flexibility index (Phi) is 4.80. The van der Waals surface area contributed by atoms with E-state index in [1.54, 1.807) is 0 Å². The fourth-order valence-corrected chi connectivity index (χ4v) is 3.98. The Morgan fingerprint density at radius 1 is 1.10 bits per heavy atom. The summed E-state index contributed by atoms with van der Waals surface area (Å²) in [6.45, 7) is 1.72. The number of benzene rings is 2. The van der Waals surface area contributed by atoms with E-state index >= 15 is 0 Å². The van der Waals surface area contributed by atoms with Crippen LogP contribution in [-0.4, -0.2) is 33.2 Å². The molecule has 0 unspecified atom stereocenters. The number of ether oxygens (including phenoxy) is 1. The predicted molar refractivity (Wildman–Crippen MR) is 116 cm³/mol. The highest BCUT2D eigenvalue weighted by atomic mass is 16.5. The summed E-state index contributed by atoms with van der Waals surface area (Å²) in [6.07, 6.45) is 2.06. The van der Waals surface area contributed by atoms with Crippen molar-refractivity contribution in [1.82, 2.24) is 19.9 Å². The molecule has 5 rings (SSSR count). The van der Waals surface area contributed by atoms with Gasteiger partial charge in [-0.25, -0.2) is 9.97 Å². The Morgan fingerprint density at radius 2 is 1.83 bits per heavy atom. The standard InChI is InChI=1S/C23H23N5O2/c24-21-19(23(29)25-13-15-7-2-1-3-8-15)20-22(28(21)14-16-9-6-12-30-16)27-18-11-5-4-10-17(18)26-20/h1-5,7-8,10-11,16H,6,9,12-14,24H2,(H,25,29)/t16-/m0/s1. The summed E-state index contributed by atoms with van der Waals surface area (Å²) in [7, 11) is 0. The Bertz CT molecular complexity index is 1210. The molecule has 0 aliphatic carbocycles. The van der Waals surface area contributed by atoms with Crippen molar-refractivity contribution in [3.05, 3.63) is 65.7 Å². The molecule has 1 fully saturated rings. The van der Waals surface area contributed by atoms with E-state index in [1.807, 2.05) is 59.2 Å². The second-order valence-corrected chi connectivity index (χ2v) is 7.56. The lowest BCUT2D eigenvalue weighted by atomic mass is 10.2. The van der Waals surface area contributed by atoms with Crippen LogP contribution in [0.3, 0.4) is 0 Å². The molecule has 0 spiro atoms. The number of hydrogen-bond donors (Lipinski definition) is 2. The van der Waals surface area contributed by atoms with E-state index in [0.717, 1.165) is 36.0 Å². The van der Waals surface area contributed by atoms with Crippen LogP contribution in [0.5, 0.6) is 0 Å². The van der Waals surface area contributed by atoms with Crippen molar-refractivity contribution in [3.63, 3.8) is 0 Å². The van der Waals surface area contributed by atoms with E-state index in [1.165, 1.54) is 0 Å². The van der Waals surface area contributed by atoms with E-state index in [2.05, 4.69) is 5.32 Å². The number of anilines is 1. The molecular formula is C23H23N5O2. The number of amides is 1. The fourth-order valence-electron chi connectivity index (χ4n) is 3.98. The molecule has 0 saturated carbocycles. The highest BCUT2D eigenvalue weighted by Crippen LogP contribution is 2.29. The van der Waals surface area contributed by atoms with E-state index in [-0.39, 0.29) is 12.0 Å². The van der Waals surface area contributed by atoms with Crippen LogP contribution in [0.4, 0.5) is 5.82 Å². The van der Waals surface area contributed by atoms with Gasteiger partial charge in [-0.05, 0) is 30.5 Å². The topological polar surface area (TPSA) is 95.1 Å². The van der Waals surface area contributed by atoms with Gasteiger partial charge in [0.1, 0.15) is 16.9 Å². The van der Waals surface area contributed by atoms with Gasteiger partial charge in [-0.1, -0.05) is 42.5 Å². The number of nitrogen functional groups attached to an aromatic ring is 1. The van der Waals surface area contributed by atoms with E-state index in [9.17, 15) is 4.79 Å². The van der Waals surface area contributed by atoms with Gasteiger partial charge in [0, 0.05) is 13.2 Å². The summed E-state index contributed by atoms with van der Waals surface area (Å²) in [5, 5.41) is 2.97. The molecule has 7 nitrogen and oxygen atoms in total. The summed E-state index contributed by atoms with van der Waals surface area (Å²) in [4.78, 5) is 22.7. The van der Waals surface area contributed by atoms with Crippen LogP contribution in [0.2, 0.25) is 0 Å². The van der Waals surface area contributed by atoms with Crippen molar-refractivity contribution in [2.24, 2.45) is 0 Å². The van der Waals surface area contributed by atoms with E-state index < -0.39 is 0 Å². The van der Waals surface area contributed by atoms with E-state index in [4.69, 9.17) is 20.4 Å². The molecule has 0 radical (unpaired) electrons. The molecule has 1 saturated heterocycles. The molecule has 0 bridgehead atoms. The first-order valence-electron chi connectivity index (χ1n) is 10.2. The van der Waals surface area contributed by atoms with Gasteiger partial charge in [0.15, 0.2) is 5.65 Å². The third kappa shape index (κ3) is 3.37. The van der Waals surface area contributed by atoms with Gasteiger partial charge < -0.3 is 20.4 Å². The molecular weight excluding hydrogens is 378 g/mol. The number of carbonyl (C=O) groups is 1. The average molecular weight is 401 g/mol. The van der Waals surface area contributed by atoms with Crippen molar-refractivity contribution < 1.29 is 9.53 Å². The Labute approximate surface area is 173 Å². The molecule has 1 amide bonds. The number of fused-ring (bicyclic) bond motifs is 2. The van der Waals surface area contributed by atoms with Gasteiger partial charge in [-0.15, -0.1) is 0 Å². The number of para-hydroxylation sites is 2. The average Bonchev–Trinajstić information content (AvgIpc) is 3.38. The van der Waals surface area contributed by atoms with Crippen LogP contribution in [0, 0.1) is 0 Å². The lowest BCUT2D eigenvalue weighted by molar-refractivity contribution is 0.0947. The molecule has 1 atom stereocenters. The first kappa shape index (κ1) is 18.6. The number of nitrogens with one attached hydrogen (secondary N) is 1. The lowest BCUT2D eigenvalue weighted by Crippen LogP contribution is -2.24. The molecule has 2 aromatic heterocycles. The first-order chi connectivity index (χ1) is 14.7. The quantitative estimate of drug-likeness (QED) is 0.535. The third-order valence-electron chi connectivity index (χ3n) is 5.52. The first-order valence-corrected chi connectivity index (χ1v) is 10.2. The monoisotopic (exact) mass is 401 g/mol. The smallest absolute Gasteiger partial charge is 0.257 e. The van der Waals surface area contributed by atoms with E-state index in [0.29, 0.717) is 35.6 Å². The molecule has 4 aromatic rings. The van der Waals surface area contributed by atoms with Crippen LogP contribution < -0.4 is 11.1 Å². The van der Waals surface area contributed by atoms with Crippen LogP contribution in [0.15, 0.2) is 54.6 Å². The fraction of sp³-hybridized carbons (Fsp3) is 0.261. The van der Waals surface area contributed by atoms with Crippen molar-refractivity contribution >= 4 is 33.9 Å². The summed E-state index contributed by atoms with van der Waals surface area (Å²) in [6, 6.07) is 17.4. The molecule has 1 aliphatic rings. The number of aromatic nitrogens is 3. The van der Waals surface area contributed by atoms with Crippen molar-refractivity contribution in [3.8, 4) is 0 Å². The van der Waals surface area contributed by atoms with Gasteiger partial charge >= 0.3 is 0 Å². The predicted octanol–water partition coefficient (Wildman–Crippen LogP) is 3.28. The highest BCUT2D eigenvalue weighted by Gasteiger charge is 2.26. The summed E-state index contributed by atoms with van der Waals surface area (Å²) < 4.78 is 7.68. The molecule has 1 aliphatic heterocycles. The maximum absolute atomic E-state index is 13.1. The summed E-state index contributed by atoms with van der Waals surface area (Å²) >= 11 is 0. The van der Waals surface area contributed by atoms with Gasteiger partial charge in [-0.2, -0.15) is 0 Å². The second-order valence-electron chi connectivity index (χ2n) is 7.56. The van der Waals surface area contributed by atoms with Crippen LogP contribution in [0.25, 0.3) is 22.2 Å². The van der Waals surface area contributed by atoms with Gasteiger partial charge in [0.2, 0.25) is 0 Å².